The van der Waals surface area contributed by atoms with Crippen molar-refractivity contribution in [3.63, 3.8) is 0 Å². The Labute approximate surface area is 213 Å². The molecule has 3 heterocycles. The van der Waals surface area contributed by atoms with Crippen LogP contribution in [0.25, 0.3) is 33.3 Å². The summed E-state index contributed by atoms with van der Waals surface area (Å²) >= 11 is 3.36. The van der Waals surface area contributed by atoms with Crippen molar-refractivity contribution in [2.75, 3.05) is 5.75 Å². The molecule has 4 aromatic rings. The third-order valence-corrected chi connectivity index (χ3v) is 7.49. The summed E-state index contributed by atoms with van der Waals surface area (Å²) < 4.78 is 73.6. The Hall–Kier alpha value is -2.99. The van der Waals surface area contributed by atoms with E-state index in [0.717, 1.165) is 10.6 Å². The number of pyridine rings is 2. The lowest BCUT2D eigenvalue weighted by Gasteiger charge is -2.21. The quantitative estimate of drug-likeness (QED) is 0.269. The van der Waals surface area contributed by atoms with Crippen molar-refractivity contribution in [2.45, 2.75) is 44.4 Å². The van der Waals surface area contributed by atoms with Crippen molar-refractivity contribution in [2.24, 2.45) is 0 Å². The first-order chi connectivity index (χ1) is 16.6. The van der Waals surface area contributed by atoms with Crippen molar-refractivity contribution in [1.29, 1.82) is 0 Å². The molecule has 12 heteroatoms. The van der Waals surface area contributed by atoms with Crippen molar-refractivity contribution >= 4 is 53.8 Å². The molecule has 0 amide bonds. The van der Waals surface area contributed by atoms with E-state index in [2.05, 4.69) is 25.9 Å². The van der Waals surface area contributed by atoms with E-state index in [4.69, 9.17) is 4.74 Å². The van der Waals surface area contributed by atoms with Gasteiger partial charge in [-0.05, 0) is 51.1 Å². The number of rotatable bonds is 3. The van der Waals surface area contributed by atoms with Crippen LogP contribution in [0.3, 0.4) is 0 Å². The maximum Gasteiger partial charge on any atom is 0.419 e. The Morgan fingerprint density at radius 3 is 2.39 bits per heavy atom. The standard InChI is InChI=1S/C24H21BrF3N3O4S/c1-5-36(33,34)20-8-13-6-7-15(25)10-16(13)30-21(20)19-11-17-18(9-14(12-29-17)24(26,27)28)31(19)22(32)35-23(2,3)4/h6-12H,5H2,1-4H3. The molecular formula is C24H21BrF3N3O4S. The van der Waals surface area contributed by atoms with Gasteiger partial charge >= 0.3 is 12.3 Å². The van der Waals surface area contributed by atoms with Gasteiger partial charge in [0.05, 0.1) is 38.5 Å². The molecular weight excluding hydrogens is 563 g/mol. The summed E-state index contributed by atoms with van der Waals surface area (Å²) in [5, 5.41) is 0.534. The van der Waals surface area contributed by atoms with E-state index in [0.29, 0.717) is 21.6 Å². The number of fused-ring (bicyclic) bond motifs is 2. The fraction of sp³-hybridized carbons (Fsp3) is 0.292. The van der Waals surface area contributed by atoms with Gasteiger partial charge in [-0.25, -0.2) is 22.8 Å². The van der Waals surface area contributed by atoms with Gasteiger partial charge in [0.25, 0.3) is 0 Å². The summed E-state index contributed by atoms with van der Waals surface area (Å²) in [5.41, 5.74) is -1.94. The molecule has 0 N–H and O–H groups in total. The number of hydrogen-bond donors (Lipinski definition) is 0. The zero-order chi connectivity index (χ0) is 26.6. The van der Waals surface area contributed by atoms with E-state index in [9.17, 15) is 26.4 Å². The second-order valence-corrected chi connectivity index (χ2v) is 12.2. The number of alkyl halides is 3. The van der Waals surface area contributed by atoms with E-state index in [1.54, 1.807) is 39.0 Å². The first-order valence-corrected chi connectivity index (χ1v) is 13.2. The van der Waals surface area contributed by atoms with E-state index in [1.165, 1.54) is 19.1 Å². The Morgan fingerprint density at radius 1 is 1.08 bits per heavy atom. The second-order valence-electron chi connectivity index (χ2n) is 9.05. The minimum atomic E-state index is -4.71. The Bertz CT molecular complexity index is 1620. The van der Waals surface area contributed by atoms with Crippen LogP contribution in [0.15, 0.2) is 52.0 Å². The number of benzene rings is 1. The van der Waals surface area contributed by atoms with E-state index in [1.807, 2.05) is 0 Å². The highest BCUT2D eigenvalue weighted by molar-refractivity contribution is 9.10. The predicted octanol–water partition coefficient (Wildman–Crippen LogP) is 6.61. The molecule has 0 saturated carbocycles. The highest BCUT2D eigenvalue weighted by Gasteiger charge is 2.33. The van der Waals surface area contributed by atoms with Crippen molar-refractivity contribution < 1.29 is 31.1 Å². The minimum Gasteiger partial charge on any atom is -0.443 e. The number of aromatic nitrogens is 3. The maximum absolute atomic E-state index is 13.5. The van der Waals surface area contributed by atoms with Crippen molar-refractivity contribution in [3.8, 4) is 11.4 Å². The average Bonchev–Trinajstić information content (AvgIpc) is 3.15. The summed E-state index contributed by atoms with van der Waals surface area (Å²) in [7, 11) is -3.87. The highest BCUT2D eigenvalue weighted by Crippen LogP contribution is 2.37. The summed E-state index contributed by atoms with van der Waals surface area (Å²) in [4.78, 5) is 21.5. The fourth-order valence-corrected chi connectivity index (χ4v) is 5.02. The van der Waals surface area contributed by atoms with Crippen LogP contribution in [-0.4, -0.2) is 40.4 Å². The molecule has 0 bridgehead atoms. The molecule has 3 aromatic heterocycles. The molecule has 0 radical (unpaired) electrons. The number of ether oxygens (including phenoxy) is 1. The second kappa shape index (κ2) is 8.84. The van der Waals surface area contributed by atoms with Gasteiger partial charge in [0, 0.05) is 16.1 Å². The third-order valence-electron chi connectivity index (χ3n) is 5.26. The number of carbonyl (C=O) groups excluding carboxylic acids is 1. The summed E-state index contributed by atoms with van der Waals surface area (Å²) in [6.07, 6.45) is -5.06. The first kappa shape index (κ1) is 26.1. The van der Waals surface area contributed by atoms with E-state index in [-0.39, 0.29) is 33.1 Å². The van der Waals surface area contributed by atoms with Gasteiger partial charge in [0.15, 0.2) is 9.84 Å². The molecule has 0 atom stereocenters. The highest BCUT2D eigenvalue weighted by atomic mass is 79.9. The Balaban J connectivity index is 2.13. The first-order valence-electron chi connectivity index (χ1n) is 10.8. The molecule has 0 unspecified atom stereocenters. The number of carbonyl (C=O) groups is 1. The van der Waals surface area contributed by atoms with E-state index >= 15 is 0 Å². The van der Waals surface area contributed by atoms with Crippen LogP contribution >= 0.6 is 15.9 Å². The predicted molar refractivity (Wildman–Crippen MR) is 133 cm³/mol. The van der Waals surface area contributed by atoms with Crippen molar-refractivity contribution in [3.05, 3.63) is 52.6 Å². The normalized spacial score (nSPS) is 12.9. The summed E-state index contributed by atoms with van der Waals surface area (Å²) in [6, 6.07) is 8.63. The van der Waals surface area contributed by atoms with Crippen LogP contribution in [0.5, 0.6) is 0 Å². The third kappa shape index (κ3) is 4.96. The number of hydrogen-bond acceptors (Lipinski definition) is 6. The molecule has 0 aliphatic carbocycles. The number of nitrogens with zero attached hydrogens (tertiary/aromatic N) is 3. The molecule has 36 heavy (non-hydrogen) atoms. The number of halogens is 4. The molecule has 0 aliphatic heterocycles. The molecule has 1 aromatic carbocycles. The van der Waals surface area contributed by atoms with Crippen LogP contribution in [0.4, 0.5) is 18.0 Å². The molecule has 4 rings (SSSR count). The largest absolute Gasteiger partial charge is 0.443 e. The number of sulfone groups is 1. The molecule has 190 valence electrons. The molecule has 0 saturated heterocycles. The van der Waals surface area contributed by atoms with Gasteiger partial charge in [-0.2, -0.15) is 13.2 Å². The van der Waals surface area contributed by atoms with Gasteiger partial charge in [0.2, 0.25) is 0 Å². The average molecular weight is 584 g/mol. The summed E-state index contributed by atoms with van der Waals surface area (Å²) in [5.74, 6) is -0.257. The van der Waals surface area contributed by atoms with Gasteiger partial charge in [-0.3, -0.25) is 4.98 Å². The maximum atomic E-state index is 13.5. The molecule has 7 nitrogen and oxygen atoms in total. The Morgan fingerprint density at radius 2 is 1.78 bits per heavy atom. The van der Waals surface area contributed by atoms with Crippen LogP contribution in [0.2, 0.25) is 0 Å². The molecule has 0 aliphatic rings. The molecule has 0 fully saturated rings. The van der Waals surface area contributed by atoms with Crippen LogP contribution in [0.1, 0.15) is 33.3 Å². The van der Waals surface area contributed by atoms with Gasteiger partial charge in [-0.15, -0.1) is 0 Å². The minimum absolute atomic E-state index is 0.0415. The van der Waals surface area contributed by atoms with Gasteiger partial charge in [0.1, 0.15) is 11.3 Å². The fourth-order valence-electron chi connectivity index (χ4n) is 3.61. The van der Waals surface area contributed by atoms with Crippen molar-refractivity contribution in [1.82, 2.24) is 14.5 Å². The summed E-state index contributed by atoms with van der Waals surface area (Å²) in [6.45, 7) is 6.28. The van der Waals surface area contributed by atoms with E-state index < -0.39 is 33.3 Å². The zero-order valence-electron chi connectivity index (χ0n) is 19.6. The van der Waals surface area contributed by atoms with Gasteiger partial charge < -0.3 is 4.74 Å². The smallest absolute Gasteiger partial charge is 0.419 e. The van der Waals surface area contributed by atoms with Gasteiger partial charge in [-0.1, -0.05) is 28.9 Å². The lowest BCUT2D eigenvalue weighted by atomic mass is 10.1. The lowest BCUT2D eigenvalue weighted by molar-refractivity contribution is -0.137. The van der Waals surface area contributed by atoms with Crippen LogP contribution in [-0.2, 0) is 20.8 Å². The topological polar surface area (TPSA) is 91.1 Å². The monoisotopic (exact) mass is 583 g/mol. The van der Waals surface area contributed by atoms with Crippen LogP contribution < -0.4 is 0 Å². The SMILES string of the molecule is CCS(=O)(=O)c1cc2ccc(Br)cc2nc1-c1cc2ncc(C(F)(F)F)cc2n1C(=O)OC(C)(C)C. The zero-order valence-corrected chi connectivity index (χ0v) is 22.0. The lowest BCUT2D eigenvalue weighted by Crippen LogP contribution is -2.27. The Kier molecular flexibility index (Phi) is 6.40. The molecule has 0 spiro atoms. The van der Waals surface area contributed by atoms with Crippen LogP contribution in [0, 0.1) is 0 Å².